The van der Waals surface area contributed by atoms with E-state index >= 15 is 0 Å². The van der Waals surface area contributed by atoms with E-state index in [1.165, 1.54) is 0 Å². The molecule has 0 unspecified atom stereocenters. The lowest BCUT2D eigenvalue weighted by Crippen LogP contribution is -2.17. The minimum Gasteiger partial charge on any atom is -0.456 e. The normalized spacial score (nSPS) is 11.9. The van der Waals surface area contributed by atoms with Gasteiger partial charge in [0.25, 0.3) is 0 Å². The smallest absolute Gasteiger partial charge is 0.200 e. The molecule has 0 atom stereocenters. The summed E-state index contributed by atoms with van der Waals surface area (Å²) in [7, 11) is 0. The van der Waals surface area contributed by atoms with Crippen LogP contribution in [0.4, 0.5) is 0 Å². The Labute approximate surface area is 117 Å². The van der Waals surface area contributed by atoms with Gasteiger partial charge in [-0.25, -0.2) is 0 Å². The third-order valence-corrected chi connectivity index (χ3v) is 3.81. The van der Waals surface area contributed by atoms with Crippen LogP contribution in [-0.2, 0) is 5.41 Å². The average Bonchev–Trinajstić information content (AvgIpc) is 2.47. The second-order valence-electron chi connectivity index (χ2n) is 5.53. The van der Waals surface area contributed by atoms with Gasteiger partial charge in [0.1, 0.15) is 11.2 Å². The van der Waals surface area contributed by atoms with Crippen LogP contribution in [0.1, 0.15) is 19.4 Å². The number of allylic oxidation sites excluding steroid dienone is 1. The van der Waals surface area contributed by atoms with Crippen molar-refractivity contribution in [1.82, 2.24) is 0 Å². The van der Waals surface area contributed by atoms with E-state index < -0.39 is 0 Å². The van der Waals surface area contributed by atoms with Crippen molar-refractivity contribution in [2.24, 2.45) is 0 Å². The summed E-state index contributed by atoms with van der Waals surface area (Å²) in [5, 5.41) is 1.27. The Kier molecular flexibility index (Phi) is 2.75. The van der Waals surface area contributed by atoms with Crippen molar-refractivity contribution in [3.05, 3.63) is 70.9 Å². The predicted octanol–water partition coefficient (Wildman–Crippen LogP) is 4.41. The van der Waals surface area contributed by atoms with Gasteiger partial charge in [0, 0.05) is 5.41 Å². The Morgan fingerprint density at radius 2 is 1.75 bits per heavy atom. The molecule has 0 fully saturated rings. The van der Waals surface area contributed by atoms with Crippen LogP contribution in [-0.4, -0.2) is 0 Å². The van der Waals surface area contributed by atoms with Crippen molar-refractivity contribution in [3.8, 4) is 0 Å². The van der Waals surface area contributed by atoms with E-state index in [0.717, 1.165) is 5.56 Å². The highest BCUT2D eigenvalue weighted by atomic mass is 16.3. The molecule has 0 N–H and O–H groups in total. The van der Waals surface area contributed by atoms with Crippen molar-refractivity contribution >= 4 is 21.9 Å². The molecule has 0 saturated heterocycles. The second kappa shape index (κ2) is 4.34. The summed E-state index contributed by atoms with van der Waals surface area (Å²) in [6, 6.07) is 13.1. The SMILES string of the molecule is C=CC(C)(C)c1cccc2oc3ccccc3c(=O)c12. The van der Waals surface area contributed by atoms with Crippen LogP contribution >= 0.6 is 0 Å². The van der Waals surface area contributed by atoms with Crippen LogP contribution in [0.3, 0.4) is 0 Å². The standard InChI is InChI=1S/C18H16O2/c1-4-18(2,3)13-9-7-11-15-16(13)17(19)12-8-5-6-10-14(12)20-15/h4-11H,1H2,2-3H3. The Hall–Kier alpha value is -2.35. The number of benzene rings is 2. The van der Waals surface area contributed by atoms with E-state index in [1.807, 2.05) is 56.3 Å². The fourth-order valence-electron chi connectivity index (χ4n) is 2.49. The zero-order valence-corrected chi connectivity index (χ0v) is 11.6. The number of hydrogen-bond acceptors (Lipinski definition) is 2. The molecule has 0 aliphatic carbocycles. The Morgan fingerprint density at radius 3 is 2.50 bits per heavy atom. The molecular formula is C18H16O2. The second-order valence-corrected chi connectivity index (χ2v) is 5.53. The summed E-state index contributed by atoms with van der Waals surface area (Å²) in [5.41, 5.74) is 1.94. The first-order chi connectivity index (χ1) is 9.54. The number of hydrogen-bond donors (Lipinski definition) is 0. The molecule has 3 rings (SSSR count). The van der Waals surface area contributed by atoms with E-state index in [9.17, 15) is 4.79 Å². The number of para-hydroxylation sites is 1. The van der Waals surface area contributed by atoms with Crippen molar-refractivity contribution in [2.75, 3.05) is 0 Å². The quantitative estimate of drug-likeness (QED) is 0.507. The third kappa shape index (κ3) is 1.76. The summed E-state index contributed by atoms with van der Waals surface area (Å²) in [4.78, 5) is 12.8. The highest BCUT2D eigenvalue weighted by Gasteiger charge is 2.22. The third-order valence-electron chi connectivity index (χ3n) is 3.81. The van der Waals surface area contributed by atoms with Gasteiger partial charge in [-0.3, -0.25) is 4.79 Å². The summed E-state index contributed by atoms with van der Waals surface area (Å²) in [6.07, 6.45) is 1.86. The maximum atomic E-state index is 12.8. The maximum Gasteiger partial charge on any atom is 0.200 e. The maximum absolute atomic E-state index is 12.8. The minimum absolute atomic E-state index is 0.0207. The Balaban J connectivity index is 2.55. The van der Waals surface area contributed by atoms with Crippen molar-refractivity contribution < 1.29 is 4.42 Å². The van der Waals surface area contributed by atoms with Gasteiger partial charge in [-0.05, 0) is 23.8 Å². The summed E-state index contributed by atoms with van der Waals surface area (Å²) in [6.45, 7) is 7.96. The first kappa shape index (κ1) is 12.7. The first-order valence-corrected chi connectivity index (χ1v) is 6.63. The molecule has 0 radical (unpaired) electrons. The molecule has 2 aromatic carbocycles. The van der Waals surface area contributed by atoms with Gasteiger partial charge in [-0.2, -0.15) is 0 Å². The highest BCUT2D eigenvalue weighted by Crippen LogP contribution is 2.30. The fourth-order valence-corrected chi connectivity index (χ4v) is 2.49. The Bertz CT molecular complexity index is 869. The lowest BCUT2D eigenvalue weighted by atomic mass is 9.82. The first-order valence-electron chi connectivity index (χ1n) is 6.63. The van der Waals surface area contributed by atoms with Crippen molar-refractivity contribution in [3.63, 3.8) is 0 Å². The van der Waals surface area contributed by atoms with E-state index in [2.05, 4.69) is 6.58 Å². The molecular weight excluding hydrogens is 248 g/mol. The molecule has 0 spiro atoms. The van der Waals surface area contributed by atoms with Gasteiger partial charge < -0.3 is 4.42 Å². The van der Waals surface area contributed by atoms with Crippen LogP contribution in [0.15, 0.2) is 64.3 Å². The van der Waals surface area contributed by atoms with E-state index in [4.69, 9.17) is 4.42 Å². The fraction of sp³-hybridized carbons (Fsp3) is 0.167. The highest BCUT2D eigenvalue weighted by molar-refractivity contribution is 5.92. The lowest BCUT2D eigenvalue weighted by Gasteiger charge is -2.21. The van der Waals surface area contributed by atoms with Gasteiger partial charge in [-0.15, -0.1) is 6.58 Å². The van der Waals surface area contributed by atoms with E-state index in [-0.39, 0.29) is 10.8 Å². The molecule has 0 amide bonds. The molecule has 0 aliphatic heterocycles. The van der Waals surface area contributed by atoms with Gasteiger partial charge in [0.2, 0.25) is 5.43 Å². The molecule has 0 aliphatic rings. The Morgan fingerprint density at radius 1 is 1.05 bits per heavy atom. The van der Waals surface area contributed by atoms with Crippen LogP contribution in [0, 0.1) is 0 Å². The van der Waals surface area contributed by atoms with Crippen molar-refractivity contribution in [2.45, 2.75) is 19.3 Å². The molecule has 0 bridgehead atoms. The van der Waals surface area contributed by atoms with Crippen LogP contribution < -0.4 is 5.43 Å². The largest absolute Gasteiger partial charge is 0.456 e. The molecule has 100 valence electrons. The molecule has 3 aromatic rings. The number of fused-ring (bicyclic) bond motifs is 2. The van der Waals surface area contributed by atoms with Crippen LogP contribution in [0.2, 0.25) is 0 Å². The van der Waals surface area contributed by atoms with Crippen molar-refractivity contribution in [1.29, 1.82) is 0 Å². The molecule has 20 heavy (non-hydrogen) atoms. The lowest BCUT2D eigenvalue weighted by molar-refractivity contribution is 0.649. The zero-order chi connectivity index (χ0) is 14.3. The summed E-state index contributed by atoms with van der Waals surface area (Å²) in [5.74, 6) is 0. The number of rotatable bonds is 2. The van der Waals surface area contributed by atoms with Gasteiger partial charge in [0.05, 0.1) is 10.8 Å². The van der Waals surface area contributed by atoms with Crippen LogP contribution in [0.5, 0.6) is 0 Å². The average molecular weight is 264 g/mol. The molecule has 1 heterocycles. The summed E-state index contributed by atoms with van der Waals surface area (Å²) < 4.78 is 5.87. The monoisotopic (exact) mass is 264 g/mol. The van der Waals surface area contributed by atoms with Gasteiger partial charge in [-0.1, -0.05) is 44.2 Å². The molecule has 2 heteroatoms. The topological polar surface area (TPSA) is 30.2 Å². The zero-order valence-electron chi connectivity index (χ0n) is 11.6. The predicted molar refractivity (Wildman–Crippen MR) is 83.2 cm³/mol. The van der Waals surface area contributed by atoms with Crippen LogP contribution in [0.25, 0.3) is 21.9 Å². The van der Waals surface area contributed by atoms with Gasteiger partial charge >= 0.3 is 0 Å². The van der Waals surface area contributed by atoms with E-state index in [1.54, 1.807) is 6.07 Å². The minimum atomic E-state index is -0.281. The van der Waals surface area contributed by atoms with Gasteiger partial charge in [0.15, 0.2) is 0 Å². The van der Waals surface area contributed by atoms with E-state index in [0.29, 0.717) is 21.9 Å². The molecule has 0 saturated carbocycles. The molecule has 1 aromatic heterocycles. The summed E-state index contributed by atoms with van der Waals surface area (Å²) >= 11 is 0. The molecule has 2 nitrogen and oxygen atoms in total.